The van der Waals surface area contributed by atoms with Crippen molar-refractivity contribution in [3.63, 3.8) is 0 Å². The third kappa shape index (κ3) is 4.99. The van der Waals surface area contributed by atoms with Crippen molar-refractivity contribution in [2.45, 2.75) is 29.1 Å². The van der Waals surface area contributed by atoms with Crippen molar-refractivity contribution >= 4 is 45.0 Å². The zero-order valence-corrected chi connectivity index (χ0v) is 18.7. The van der Waals surface area contributed by atoms with Crippen LogP contribution in [0.25, 0.3) is 0 Å². The van der Waals surface area contributed by atoms with Crippen LogP contribution in [0.1, 0.15) is 29.6 Å². The van der Waals surface area contributed by atoms with Gasteiger partial charge in [-0.15, -0.1) is 11.8 Å². The standard InChI is InChI=1S/C20H23ClN2O4S2/c1-27-18-8-6-14(12-17(18)21)22-29(25,26)15-7-9-19(28-2)16(13-15)20(24)23-10-4-3-5-11-23/h6-9,12-13,22H,3-5,10-11H2,1-2H3. The van der Waals surface area contributed by atoms with Crippen LogP contribution in [-0.4, -0.2) is 45.7 Å². The van der Waals surface area contributed by atoms with E-state index in [1.165, 1.54) is 37.1 Å². The van der Waals surface area contributed by atoms with Crippen LogP contribution in [0.4, 0.5) is 5.69 Å². The van der Waals surface area contributed by atoms with Gasteiger partial charge in [-0.25, -0.2) is 8.42 Å². The number of hydrogen-bond acceptors (Lipinski definition) is 5. The van der Waals surface area contributed by atoms with E-state index in [2.05, 4.69) is 4.72 Å². The van der Waals surface area contributed by atoms with Crippen LogP contribution in [0, 0.1) is 0 Å². The number of rotatable bonds is 6. The number of carbonyl (C=O) groups excluding carboxylic acids is 1. The van der Waals surface area contributed by atoms with Crippen LogP contribution in [0.2, 0.25) is 5.02 Å². The number of amides is 1. The van der Waals surface area contributed by atoms with E-state index < -0.39 is 10.0 Å². The highest BCUT2D eigenvalue weighted by molar-refractivity contribution is 7.98. The normalized spacial score (nSPS) is 14.5. The molecule has 9 heteroatoms. The summed E-state index contributed by atoms with van der Waals surface area (Å²) in [5.74, 6) is 0.326. The first-order valence-electron chi connectivity index (χ1n) is 9.19. The number of thioether (sulfide) groups is 1. The van der Waals surface area contributed by atoms with Gasteiger partial charge in [0, 0.05) is 18.0 Å². The lowest BCUT2D eigenvalue weighted by Crippen LogP contribution is -2.36. The lowest BCUT2D eigenvalue weighted by atomic mass is 10.1. The predicted octanol–water partition coefficient (Wildman–Crippen LogP) is 4.50. The van der Waals surface area contributed by atoms with Crippen molar-refractivity contribution in [1.82, 2.24) is 4.90 Å². The molecular weight excluding hydrogens is 432 g/mol. The number of nitrogens with one attached hydrogen (secondary N) is 1. The highest BCUT2D eigenvalue weighted by Gasteiger charge is 2.24. The van der Waals surface area contributed by atoms with Crippen molar-refractivity contribution in [2.75, 3.05) is 31.2 Å². The monoisotopic (exact) mass is 454 g/mol. The predicted molar refractivity (Wildman–Crippen MR) is 117 cm³/mol. The third-order valence-corrected chi connectivity index (χ3v) is 7.23. The van der Waals surface area contributed by atoms with E-state index in [1.807, 2.05) is 6.26 Å². The maximum absolute atomic E-state index is 13.0. The second-order valence-corrected chi connectivity index (χ2v) is 9.61. The smallest absolute Gasteiger partial charge is 0.261 e. The van der Waals surface area contributed by atoms with Crippen LogP contribution in [0.3, 0.4) is 0 Å². The Bertz CT molecular complexity index is 1010. The van der Waals surface area contributed by atoms with Gasteiger partial charge in [-0.2, -0.15) is 0 Å². The second kappa shape index (κ2) is 9.28. The molecule has 1 heterocycles. The maximum atomic E-state index is 13.0. The summed E-state index contributed by atoms with van der Waals surface area (Å²) in [4.78, 5) is 15.6. The number of benzene rings is 2. The molecule has 0 radical (unpaired) electrons. The van der Waals surface area contributed by atoms with Crippen LogP contribution in [0.15, 0.2) is 46.2 Å². The van der Waals surface area contributed by atoms with Crippen LogP contribution >= 0.6 is 23.4 Å². The summed E-state index contributed by atoms with van der Waals surface area (Å²) in [6.07, 6.45) is 4.92. The molecule has 2 aromatic carbocycles. The molecule has 1 aliphatic rings. The number of sulfonamides is 1. The van der Waals surface area contributed by atoms with Gasteiger partial charge in [-0.1, -0.05) is 11.6 Å². The van der Waals surface area contributed by atoms with Gasteiger partial charge < -0.3 is 9.64 Å². The zero-order chi connectivity index (χ0) is 21.0. The molecule has 2 aromatic rings. The summed E-state index contributed by atoms with van der Waals surface area (Å²) in [6.45, 7) is 1.40. The highest BCUT2D eigenvalue weighted by atomic mass is 35.5. The summed E-state index contributed by atoms with van der Waals surface area (Å²) in [7, 11) is -2.41. The molecule has 0 aliphatic carbocycles. The van der Waals surface area contributed by atoms with E-state index in [4.69, 9.17) is 16.3 Å². The average molecular weight is 455 g/mol. The van der Waals surface area contributed by atoms with Crippen molar-refractivity contribution in [1.29, 1.82) is 0 Å². The second-order valence-electron chi connectivity index (χ2n) is 6.67. The van der Waals surface area contributed by atoms with Crippen LogP contribution in [0.5, 0.6) is 5.75 Å². The highest BCUT2D eigenvalue weighted by Crippen LogP contribution is 2.30. The summed E-state index contributed by atoms with van der Waals surface area (Å²) in [6, 6.07) is 9.27. The molecule has 0 aromatic heterocycles. The third-order valence-electron chi connectivity index (χ3n) is 4.76. The average Bonchev–Trinajstić information content (AvgIpc) is 2.73. The minimum Gasteiger partial charge on any atom is -0.495 e. The van der Waals surface area contributed by atoms with Crippen molar-refractivity contribution in [3.05, 3.63) is 47.0 Å². The summed E-state index contributed by atoms with van der Waals surface area (Å²) >= 11 is 7.51. The number of anilines is 1. The van der Waals surface area contributed by atoms with Crippen LogP contribution in [-0.2, 0) is 10.0 Å². The van der Waals surface area contributed by atoms with Gasteiger partial charge in [0.1, 0.15) is 5.75 Å². The molecule has 6 nitrogen and oxygen atoms in total. The summed E-state index contributed by atoms with van der Waals surface area (Å²) in [5.41, 5.74) is 0.726. The molecule has 0 atom stereocenters. The Morgan fingerprint density at radius 2 is 1.86 bits per heavy atom. The van der Waals surface area contributed by atoms with Gasteiger partial charge in [-0.05, 0) is 61.9 Å². The minimum absolute atomic E-state index is 0.0302. The molecule has 1 aliphatic heterocycles. The fourth-order valence-electron chi connectivity index (χ4n) is 3.23. The van der Waals surface area contributed by atoms with Gasteiger partial charge in [0.25, 0.3) is 15.9 Å². The lowest BCUT2D eigenvalue weighted by Gasteiger charge is -2.27. The molecule has 0 unspecified atom stereocenters. The molecule has 29 heavy (non-hydrogen) atoms. The van der Waals surface area contributed by atoms with E-state index in [-0.39, 0.29) is 10.8 Å². The minimum atomic E-state index is -3.89. The largest absolute Gasteiger partial charge is 0.495 e. The van der Waals surface area contributed by atoms with Crippen molar-refractivity contribution in [2.24, 2.45) is 0 Å². The Morgan fingerprint density at radius 3 is 2.48 bits per heavy atom. The Hall–Kier alpha value is -1.90. The van der Waals surface area contributed by atoms with Gasteiger partial charge in [-0.3, -0.25) is 9.52 Å². The summed E-state index contributed by atoms with van der Waals surface area (Å²) < 4.78 is 33.4. The van der Waals surface area contributed by atoms with E-state index in [0.29, 0.717) is 35.1 Å². The van der Waals surface area contributed by atoms with E-state index >= 15 is 0 Å². The molecule has 0 saturated carbocycles. The number of ether oxygens (including phenoxy) is 1. The lowest BCUT2D eigenvalue weighted by molar-refractivity contribution is 0.0720. The molecule has 156 valence electrons. The van der Waals surface area contributed by atoms with E-state index in [1.54, 1.807) is 23.1 Å². The molecular formula is C20H23ClN2O4S2. The topological polar surface area (TPSA) is 75.7 Å². The number of likely N-dealkylation sites (tertiary alicyclic amines) is 1. The van der Waals surface area contributed by atoms with E-state index in [0.717, 1.165) is 24.2 Å². The fraction of sp³-hybridized carbons (Fsp3) is 0.350. The number of methoxy groups -OCH3 is 1. The Balaban J connectivity index is 1.91. The molecule has 0 bridgehead atoms. The Morgan fingerprint density at radius 1 is 1.14 bits per heavy atom. The zero-order valence-electron chi connectivity index (χ0n) is 16.3. The number of halogens is 1. The van der Waals surface area contributed by atoms with Crippen molar-refractivity contribution < 1.29 is 17.9 Å². The number of hydrogen-bond donors (Lipinski definition) is 1. The van der Waals surface area contributed by atoms with E-state index in [9.17, 15) is 13.2 Å². The molecule has 1 saturated heterocycles. The molecule has 0 spiro atoms. The maximum Gasteiger partial charge on any atom is 0.261 e. The molecule has 1 amide bonds. The first-order valence-corrected chi connectivity index (χ1v) is 12.3. The first-order chi connectivity index (χ1) is 13.9. The number of carbonyl (C=O) groups is 1. The van der Waals surface area contributed by atoms with Gasteiger partial charge in [0.15, 0.2) is 0 Å². The first kappa shape index (κ1) is 21.8. The van der Waals surface area contributed by atoms with Crippen molar-refractivity contribution in [3.8, 4) is 5.75 Å². The SMILES string of the molecule is COc1ccc(NS(=O)(=O)c2ccc(SC)c(C(=O)N3CCCCC3)c2)cc1Cl. The molecule has 1 N–H and O–H groups in total. The molecule has 1 fully saturated rings. The van der Waals surface area contributed by atoms with Gasteiger partial charge in [0.05, 0.1) is 28.3 Å². The quantitative estimate of drug-likeness (QED) is 0.650. The Kier molecular flexibility index (Phi) is 6.97. The number of nitrogens with zero attached hydrogens (tertiary/aromatic N) is 1. The van der Waals surface area contributed by atoms with Gasteiger partial charge in [0.2, 0.25) is 0 Å². The molecule has 3 rings (SSSR count). The van der Waals surface area contributed by atoms with Gasteiger partial charge >= 0.3 is 0 Å². The fourth-order valence-corrected chi connectivity index (χ4v) is 5.14. The number of piperidine rings is 1. The Labute approximate surface area is 180 Å². The van der Waals surface area contributed by atoms with Crippen LogP contribution < -0.4 is 9.46 Å². The summed E-state index contributed by atoms with van der Waals surface area (Å²) in [5, 5.41) is 0.298.